The summed E-state index contributed by atoms with van der Waals surface area (Å²) >= 11 is 0. The lowest BCUT2D eigenvalue weighted by Crippen LogP contribution is -2.34. The summed E-state index contributed by atoms with van der Waals surface area (Å²) in [4.78, 5) is 13.7. The highest BCUT2D eigenvalue weighted by atomic mass is 16.5. The van der Waals surface area contributed by atoms with Crippen molar-refractivity contribution >= 4 is 11.6 Å². The topological polar surface area (TPSA) is 55.6 Å². The smallest absolute Gasteiger partial charge is 0.229 e. The molecule has 0 saturated carbocycles. The van der Waals surface area contributed by atoms with Gasteiger partial charge in [-0.3, -0.25) is 4.79 Å². The summed E-state index contributed by atoms with van der Waals surface area (Å²) in [7, 11) is 1.77. The number of benzene rings is 1. The Bertz CT molecular complexity index is 393. The summed E-state index contributed by atoms with van der Waals surface area (Å²) in [6.45, 7) is 4.84. The van der Waals surface area contributed by atoms with Crippen LogP contribution < -0.4 is 10.6 Å². The summed E-state index contributed by atoms with van der Waals surface area (Å²) in [6, 6.07) is 7.85. The fourth-order valence-corrected chi connectivity index (χ4v) is 1.76. The third-order valence-corrected chi connectivity index (χ3v) is 2.83. The molecule has 1 rings (SSSR count). The number of nitrogens with zero attached hydrogens (tertiary/aromatic N) is 1. The van der Waals surface area contributed by atoms with Crippen LogP contribution in [0, 0.1) is 6.92 Å². The number of hydrogen-bond acceptors (Lipinski definition) is 3. The van der Waals surface area contributed by atoms with Crippen molar-refractivity contribution in [1.82, 2.24) is 0 Å². The fraction of sp³-hybridized carbons (Fsp3) is 0.500. The largest absolute Gasteiger partial charge is 0.377 e. The molecule has 0 aliphatic heterocycles. The Morgan fingerprint density at radius 2 is 2.22 bits per heavy atom. The third-order valence-electron chi connectivity index (χ3n) is 2.83. The Kier molecular flexibility index (Phi) is 5.82. The summed E-state index contributed by atoms with van der Waals surface area (Å²) in [5.41, 5.74) is 7.60. The second-order valence-corrected chi connectivity index (χ2v) is 4.31. The van der Waals surface area contributed by atoms with Crippen molar-refractivity contribution in [3.8, 4) is 0 Å². The van der Waals surface area contributed by atoms with Gasteiger partial charge in [0, 0.05) is 25.9 Å². The van der Waals surface area contributed by atoms with E-state index in [9.17, 15) is 4.79 Å². The van der Waals surface area contributed by atoms with Crippen molar-refractivity contribution in [2.45, 2.75) is 26.4 Å². The maximum atomic E-state index is 12.1. The Labute approximate surface area is 109 Å². The van der Waals surface area contributed by atoms with E-state index in [2.05, 4.69) is 0 Å². The van der Waals surface area contributed by atoms with Crippen LogP contribution in [0.3, 0.4) is 0 Å². The molecule has 1 aromatic rings. The lowest BCUT2D eigenvalue weighted by molar-refractivity contribution is -0.120. The third kappa shape index (κ3) is 4.13. The minimum absolute atomic E-state index is 0.0181. The molecular formula is C14H22N2O2. The molecule has 4 nitrogen and oxygen atoms in total. The Morgan fingerprint density at radius 1 is 1.50 bits per heavy atom. The highest BCUT2D eigenvalue weighted by Gasteiger charge is 2.17. The number of amides is 1. The van der Waals surface area contributed by atoms with E-state index < -0.39 is 0 Å². The average Bonchev–Trinajstić information content (AvgIpc) is 2.37. The zero-order valence-corrected chi connectivity index (χ0v) is 11.3. The van der Waals surface area contributed by atoms with Gasteiger partial charge in [-0.15, -0.1) is 0 Å². The first-order valence-corrected chi connectivity index (χ1v) is 6.23. The van der Waals surface area contributed by atoms with Gasteiger partial charge in [0.2, 0.25) is 5.91 Å². The number of hydrogen-bond donors (Lipinski definition) is 1. The van der Waals surface area contributed by atoms with Crippen molar-refractivity contribution in [1.29, 1.82) is 0 Å². The van der Waals surface area contributed by atoms with Crippen LogP contribution in [0.25, 0.3) is 0 Å². The van der Waals surface area contributed by atoms with Crippen LogP contribution in [0.1, 0.15) is 18.9 Å². The molecule has 0 saturated heterocycles. The normalized spacial score (nSPS) is 12.2. The molecule has 4 heteroatoms. The first-order valence-electron chi connectivity index (χ1n) is 6.23. The van der Waals surface area contributed by atoms with Crippen molar-refractivity contribution in [3.05, 3.63) is 29.8 Å². The van der Waals surface area contributed by atoms with Gasteiger partial charge in [0.15, 0.2) is 0 Å². The quantitative estimate of drug-likeness (QED) is 0.836. The Hall–Kier alpha value is -1.39. The summed E-state index contributed by atoms with van der Waals surface area (Å²) in [6.07, 6.45) is 0.115. The van der Waals surface area contributed by atoms with Crippen LogP contribution in [0.5, 0.6) is 0 Å². The van der Waals surface area contributed by atoms with E-state index in [1.54, 1.807) is 11.9 Å². The number of rotatable bonds is 6. The highest BCUT2D eigenvalue weighted by Crippen LogP contribution is 2.15. The Balaban J connectivity index is 2.66. The highest BCUT2D eigenvalue weighted by molar-refractivity contribution is 5.93. The molecule has 2 N–H and O–H groups in total. The second-order valence-electron chi connectivity index (χ2n) is 4.31. The van der Waals surface area contributed by atoms with Crippen molar-refractivity contribution in [2.75, 3.05) is 25.1 Å². The maximum Gasteiger partial charge on any atom is 0.229 e. The summed E-state index contributed by atoms with van der Waals surface area (Å²) < 4.78 is 5.40. The molecule has 0 radical (unpaired) electrons. The standard InChI is InChI=1S/C14H22N2O2/c1-4-18-13(10-15)9-14(17)16(3)12-7-5-6-11(2)8-12/h5-8,13H,4,9-10,15H2,1-3H3. The number of anilines is 1. The Morgan fingerprint density at radius 3 is 2.78 bits per heavy atom. The molecule has 1 aromatic carbocycles. The van der Waals surface area contributed by atoms with Crippen LogP contribution in [-0.4, -0.2) is 32.2 Å². The molecule has 1 atom stereocenters. The molecule has 0 aromatic heterocycles. The number of ether oxygens (including phenoxy) is 1. The van der Waals surface area contributed by atoms with Gasteiger partial charge >= 0.3 is 0 Å². The lowest BCUT2D eigenvalue weighted by atomic mass is 10.2. The molecule has 0 aliphatic carbocycles. The molecule has 0 aliphatic rings. The van der Waals surface area contributed by atoms with Gasteiger partial charge in [-0.1, -0.05) is 12.1 Å². The second kappa shape index (κ2) is 7.13. The molecule has 0 fully saturated rings. The van der Waals surface area contributed by atoms with Gasteiger partial charge in [-0.25, -0.2) is 0 Å². The van der Waals surface area contributed by atoms with Crippen LogP contribution >= 0.6 is 0 Å². The number of aryl methyl sites for hydroxylation is 1. The van der Waals surface area contributed by atoms with Gasteiger partial charge in [0.25, 0.3) is 0 Å². The number of carbonyl (C=O) groups is 1. The molecular weight excluding hydrogens is 228 g/mol. The van der Waals surface area contributed by atoms with E-state index in [0.717, 1.165) is 11.3 Å². The van der Waals surface area contributed by atoms with Gasteiger partial charge in [0.1, 0.15) is 0 Å². The first-order chi connectivity index (χ1) is 8.58. The zero-order valence-electron chi connectivity index (χ0n) is 11.3. The van der Waals surface area contributed by atoms with Gasteiger partial charge in [0.05, 0.1) is 12.5 Å². The summed E-state index contributed by atoms with van der Waals surface area (Å²) in [5, 5.41) is 0. The molecule has 0 spiro atoms. The SMILES string of the molecule is CCOC(CN)CC(=O)N(C)c1cccc(C)c1. The van der Waals surface area contributed by atoms with E-state index in [1.165, 1.54) is 0 Å². The monoisotopic (exact) mass is 250 g/mol. The first kappa shape index (κ1) is 14.7. The van der Waals surface area contributed by atoms with Crippen LogP contribution in [0.2, 0.25) is 0 Å². The lowest BCUT2D eigenvalue weighted by Gasteiger charge is -2.21. The van der Waals surface area contributed by atoms with E-state index in [0.29, 0.717) is 19.6 Å². The zero-order chi connectivity index (χ0) is 13.5. The predicted octanol–water partition coefficient (Wildman–Crippen LogP) is 1.71. The fourth-order valence-electron chi connectivity index (χ4n) is 1.76. The predicted molar refractivity (Wildman–Crippen MR) is 73.7 cm³/mol. The van der Waals surface area contributed by atoms with Gasteiger partial charge < -0.3 is 15.4 Å². The maximum absolute atomic E-state index is 12.1. The van der Waals surface area contributed by atoms with E-state index in [1.807, 2.05) is 38.1 Å². The average molecular weight is 250 g/mol. The van der Waals surface area contributed by atoms with Crippen LogP contribution in [-0.2, 0) is 9.53 Å². The number of nitrogens with two attached hydrogens (primary N) is 1. The van der Waals surface area contributed by atoms with E-state index in [-0.39, 0.29) is 12.0 Å². The van der Waals surface area contributed by atoms with Crippen molar-refractivity contribution < 1.29 is 9.53 Å². The van der Waals surface area contributed by atoms with Crippen molar-refractivity contribution in [3.63, 3.8) is 0 Å². The van der Waals surface area contributed by atoms with E-state index >= 15 is 0 Å². The van der Waals surface area contributed by atoms with Gasteiger partial charge in [-0.2, -0.15) is 0 Å². The van der Waals surface area contributed by atoms with Crippen LogP contribution in [0.4, 0.5) is 5.69 Å². The van der Waals surface area contributed by atoms with E-state index in [4.69, 9.17) is 10.5 Å². The van der Waals surface area contributed by atoms with Crippen molar-refractivity contribution in [2.24, 2.45) is 5.73 Å². The minimum atomic E-state index is -0.199. The molecule has 18 heavy (non-hydrogen) atoms. The summed E-state index contributed by atoms with van der Waals surface area (Å²) in [5.74, 6) is 0.0181. The number of carbonyl (C=O) groups excluding carboxylic acids is 1. The molecule has 1 amide bonds. The van der Waals surface area contributed by atoms with Gasteiger partial charge in [-0.05, 0) is 31.5 Å². The molecule has 0 heterocycles. The minimum Gasteiger partial charge on any atom is -0.377 e. The molecule has 1 unspecified atom stereocenters. The van der Waals surface area contributed by atoms with Crippen LogP contribution in [0.15, 0.2) is 24.3 Å². The molecule has 0 bridgehead atoms. The molecule has 100 valence electrons.